The van der Waals surface area contributed by atoms with Crippen LogP contribution < -0.4 is 10.1 Å². The number of methoxy groups -OCH3 is 1. The van der Waals surface area contributed by atoms with Gasteiger partial charge in [-0.05, 0) is 42.8 Å². The van der Waals surface area contributed by atoms with Gasteiger partial charge in [0.15, 0.2) is 11.5 Å². The molecule has 0 saturated heterocycles. The van der Waals surface area contributed by atoms with Crippen molar-refractivity contribution in [1.82, 2.24) is 0 Å². The number of benzene rings is 2. The monoisotopic (exact) mass is 335 g/mol. The predicted molar refractivity (Wildman–Crippen MR) is 81.5 cm³/mol. The van der Waals surface area contributed by atoms with E-state index >= 15 is 0 Å². The molecule has 2 rings (SSSR count). The van der Waals surface area contributed by atoms with Crippen LogP contribution in [0.25, 0.3) is 0 Å². The lowest BCUT2D eigenvalue weighted by Crippen LogP contribution is -2.11. The van der Waals surface area contributed by atoms with Crippen molar-refractivity contribution in [3.63, 3.8) is 0 Å². The van der Waals surface area contributed by atoms with Crippen molar-refractivity contribution in [2.45, 2.75) is 6.92 Å². The minimum absolute atomic E-state index is 0.0646. The van der Waals surface area contributed by atoms with Crippen LogP contribution in [0.2, 0.25) is 0 Å². The first-order valence-electron chi connectivity index (χ1n) is 5.96. The van der Waals surface area contributed by atoms with Crippen LogP contribution >= 0.6 is 15.9 Å². The lowest BCUT2D eigenvalue weighted by Gasteiger charge is -2.08. The van der Waals surface area contributed by atoms with Gasteiger partial charge in [-0.2, -0.15) is 0 Å². The average Bonchev–Trinajstić information content (AvgIpc) is 2.42. The zero-order valence-corrected chi connectivity index (χ0v) is 12.7. The lowest BCUT2D eigenvalue weighted by molar-refractivity contribution is 0.102. The third-order valence-corrected chi connectivity index (χ3v) is 3.73. The molecule has 0 radical (unpaired) electrons. The molecule has 5 heteroatoms. The van der Waals surface area contributed by atoms with Crippen molar-refractivity contribution in [1.29, 1.82) is 0 Å². The van der Waals surface area contributed by atoms with Crippen molar-refractivity contribution >= 4 is 27.5 Å². The summed E-state index contributed by atoms with van der Waals surface area (Å²) in [6.07, 6.45) is 0. The smallest absolute Gasteiger partial charge is 0.255 e. The molecule has 2 aromatic carbocycles. The van der Waals surface area contributed by atoms with Crippen molar-refractivity contribution in [3.05, 3.63) is 52.0 Å². The number of amides is 1. The number of anilines is 1. The van der Waals surface area contributed by atoms with Crippen LogP contribution in [0, 0.1) is 6.92 Å². The Morgan fingerprint density at radius 3 is 2.60 bits per heavy atom. The van der Waals surface area contributed by atoms with Gasteiger partial charge in [0.1, 0.15) is 0 Å². The van der Waals surface area contributed by atoms with Gasteiger partial charge in [-0.3, -0.25) is 4.79 Å². The molecule has 0 unspecified atom stereocenters. The number of aromatic hydroxyl groups is 1. The Labute approximate surface area is 125 Å². The number of nitrogens with one attached hydrogen (secondary N) is 1. The van der Waals surface area contributed by atoms with Gasteiger partial charge >= 0.3 is 0 Å². The number of aryl methyl sites for hydroxylation is 1. The van der Waals surface area contributed by atoms with E-state index in [0.29, 0.717) is 17.0 Å². The van der Waals surface area contributed by atoms with Crippen molar-refractivity contribution in [3.8, 4) is 11.5 Å². The third kappa shape index (κ3) is 3.11. The molecule has 0 bridgehead atoms. The van der Waals surface area contributed by atoms with E-state index in [2.05, 4.69) is 21.2 Å². The van der Waals surface area contributed by atoms with Crippen molar-refractivity contribution < 1.29 is 14.6 Å². The van der Waals surface area contributed by atoms with Gasteiger partial charge in [-0.15, -0.1) is 0 Å². The van der Waals surface area contributed by atoms with E-state index in [4.69, 9.17) is 4.74 Å². The summed E-state index contributed by atoms with van der Waals surface area (Å²) in [5, 5.41) is 12.4. The highest BCUT2D eigenvalue weighted by molar-refractivity contribution is 9.10. The number of hydrogen-bond donors (Lipinski definition) is 2. The van der Waals surface area contributed by atoms with Gasteiger partial charge in [0.05, 0.1) is 7.11 Å². The topological polar surface area (TPSA) is 58.6 Å². The molecule has 4 nitrogen and oxygen atoms in total. The molecule has 0 saturated carbocycles. The van der Waals surface area contributed by atoms with Gasteiger partial charge in [-0.1, -0.05) is 22.0 Å². The summed E-state index contributed by atoms with van der Waals surface area (Å²) in [6.45, 7) is 1.97. The molecule has 2 N–H and O–H groups in total. The molecule has 0 aliphatic heterocycles. The van der Waals surface area contributed by atoms with E-state index in [-0.39, 0.29) is 11.7 Å². The van der Waals surface area contributed by atoms with Crippen LogP contribution in [-0.4, -0.2) is 18.1 Å². The van der Waals surface area contributed by atoms with Crippen LogP contribution in [0.15, 0.2) is 40.9 Å². The first-order chi connectivity index (χ1) is 9.51. The molecule has 0 aliphatic rings. The Kier molecular flexibility index (Phi) is 4.29. The minimum atomic E-state index is -0.293. The molecular formula is C15H14BrNO3. The Hall–Kier alpha value is -2.01. The fourth-order valence-corrected chi connectivity index (χ4v) is 2.08. The normalized spacial score (nSPS) is 10.2. The van der Waals surface area contributed by atoms with E-state index in [1.807, 2.05) is 25.1 Å². The molecule has 0 spiro atoms. The average molecular weight is 336 g/mol. The van der Waals surface area contributed by atoms with Crippen LogP contribution in [0.4, 0.5) is 5.69 Å². The second kappa shape index (κ2) is 5.96. The highest BCUT2D eigenvalue weighted by Crippen LogP contribution is 2.27. The summed E-state index contributed by atoms with van der Waals surface area (Å²) < 4.78 is 5.86. The number of ether oxygens (including phenoxy) is 1. The largest absolute Gasteiger partial charge is 0.504 e. The predicted octanol–water partition coefficient (Wildman–Crippen LogP) is 3.72. The second-order valence-corrected chi connectivity index (χ2v) is 5.16. The Morgan fingerprint density at radius 2 is 2.00 bits per heavy atom. The van der Waals surface area contributed by atoms with E-state index < -0.39 is 0 Å². The van der Waals surface area contributed by atoms with E-state index in [9.17, 15) is 9.90 Å². The maximum absolute atomic E-state index is 12.1. The number of phenolic OH excluding ortho intramolecular Hbond substituents is 1. The Balaban J connectivity index is 2.19. The molecule has 0 fully saturated rings. The zero-order chi connectivity index (χ0) is 14.7. The number of phenols is 1. The SMILES string of the molecule is COc1ccc(C(=O)Nc2ccc(C)c(Br)c2)cc1O. The van der Waals surface area contributed by atoms with Gasteiger partial charge in [0.2, 0.25) is 0 Å². The lowest BCUT2D eigenvalue weighted by atomic mass is 10.1. The molecule has 104 valence electrons. The molecule has 1 amide bonds. The summed E-state index contributed by atoms with van der Waals surface area (Å²) >= 11 is 3.41. The molecule has 0 aromatic heterocycles. The molecule has 0 atom stereocenters. The number of halogens is 1. The fourth-order valence-electron chi connectivity index (χ4n) is 1.71. The standard InChI is InChI=1S/C15H14BrNO3/c1-9-3-5-11(8-12(9)16)17-15(19)10-4-6-14(20-2)13(18)7-10/h3-8,18H,1-2H3,(H,17,19). The third-order valence-electron chi connectivity index (χ3n) is 2.87. The highest BCUT2D eigenvalue weighted by atomic mass is 79.9. The molecule has 20 heavy (non-hydrogen) atoms. The highest BCUT2D eigenvalue weighted by Gasteiger charge is 2.10. The second-order valence-electron chi connectivity index (χ2n) is 4.30. The van der Waals surface area contributed by atoms with E-state index in [1.54, 1.807) is 12.1 Å². The van der Waals surface area contributed by atoms with Gasteiger partial charge < -0.3 is 15.2 Å². The minimum Gasteiger partial charge on any atom is -0.504 e. The maximum Gasteiger partial charge on any atom is 0.255 e. The number of rotatable bonds is 3. The summed E-state index contributed by atoms with van der Waals surface area (Å²) in [4.78, 5) is 12.1. The molecule has 0 heterocycles. The Bertz CT molecular complexity index is 656. The summed E-state index contributed by atoms with van der Waals surface area (Å²) in [5.74, 6) is -0.0245. The van der Waals surface area contributed by atoms with Crippen molar-refractivity contribution in [2.24, 2.45) is 0 Å². The number of carbonyl (C=O) groups excluding carboxylic acids is 1. The first kappa shape index (κ1) is 14.4. The summed E-state index contributed by atoms with van der Waals surface area (Å²) in [7, 11) is 1.46. The number of hydrogen-bond acceptors (Lipinski definition) is 3. The van der Waals surface area contributed by atoms with Crippen LogP contribution in [0.3, 0.4) is 0 Å². The molecular weight excluding hydrogens is 322 g/mol. The molecule has 0 aliphatic carbocycles. The fraction of sp³-hybridized carbons (Fsp3) is 0.133. The van der Waals surface area contributed by atoms with Gasteiger partial charge in [0, 0.05) is 15.7 Å². The van der Waals surface area contributed by atoms with Crippen LogP contribution in [-0.2, 0) is 0 Å². The van der Waals surface area contributed by atoms with E-state index in [1.165, 1.54) is 13.2 Å². The zero-order valence-electron chi connectivity index (χ0n) is 11.1. The van der Waals surface area contributed by atoms with E-state index in [0.717, 1.165) is 10.0 Å². The maximum atomic E-state index is 12.1. The summed E-state index contributed by atoms with van der Waals surface area (Å²) in [5.41, 5.74) is 2.13. The van der Waals surface area contributed by atoms with Gasteiger partial charge in [-0.25, -0.2) is 0 Å². The van der Waals surface area contributed by atoms with Crippen molar-refractivity contribution in [2.75, 3.05) is 12.4 Å². The number of carbonyl (C=O) groups is 1. The quantitative estimate of drug-likeness (QED) is 0.898. The summed E-state index contributed by atoms with van der Waals surface area (Å²) in [6, 6.07) is 10.1. The van der Waals surface area contributed by atoms with Crippen LogP contribution in [0.1, 0.15) is 15.9 Å². The molecule has 2 aromatic rings. The first-order valence-corrected chi connectivity index (χ1v) is 6.75. The Morgan fingerprint density at radius 1 is 1.25 bits per heavy atom. The van der Waals surface area contributed by atoms with Gasteiger partial charge in [0.25, 0.3) is 5.91 Å². The van der Waals surface area contributed by atoms with Crippen LogP contribution in [0.5, 0.6) is 11.5 Å².